The van der Waals surface area contributed by atoms with Crippen LogP contribution in [-0.2, 0) is 0 Å². The van der Waals surface area contributed by atoms with E-state index < -0.39 is 0 Å². The summed E-state index contributed by atoms with van der Waals surface area (Å²) in [5, 5.41) is 0. The SMILES string of the molecule is CCCC/C=C/CN1CCCCC1C.Cl. The van der Waals surface area contributed by atoms with Crippen molar-refractivity contribution < 1.29 is 0 Å². The number of rotatable bonds is 5. The predicted octanol–water partition coefficient (Wildman–Crippen LogP) is 4.03. The van der Waals surface area contributed by atoms with Crippen LogP contribution in [0.5, 0.6) is 0 Å². The third-order valence-corrected chi connectivity index (χ3v) is 3.17. The molecule has 1 fully saturated rings. The highest BCUT2D eigenvalue weighted by Gasteiger charge is 2.15. The Balaban J connectivity index is 0.00000196. The average molecular weight is 232 g/mol. The van der Waals surface area contributed by atoms with Crippen LogP contribution in [0.1, 0.15) is 52.4 Å². The molecule has 1 nitrogen and oxygen atoms in total. The monoisotopic (exact) mass is 231 g/mol. The van der Waals surface area contributed by atoms with Crippen LogP contribution in [0.3, 0.4) is 0 Å². The molecule has 1 heterocycles. The van der Waals surface area contributed by atoms with E-state index in [1.54, 1.807) is 0 Å². The van der Waals surface area contributed by atoms with Gasteiger partial charge in [-0.2, -0.15) is 0 Å². The normalized spacial score (nSPS) is 22.9. The van der Waals surface area contributed by atoms with E-state index in [2.05, 4.69) is 30.9 Å². The molecule has 2 heteroatoms. The number of halogens is 1. The Kier molecular flexibility index (Phi) is 9.23. The van der Waals surface area contributed by atoms with Gasteiger partial charge in [-0.1, -0.05) is 38.3 Å². The summed E-state index contributed by atoms with van der Waals surface area (Å²) in [5.74, 6) is 0. The highest BCUT2D eigenvalue weighted by atomic mass is 35.5. The van der Waals surface area contributed by atoms with Crippen molar-refractivity contribution >= 4 is 12.4 Å². The third-order valence-electron chi connectivity index (χ3n) is 3.17. The van der Waals surface area contributed by atoms with Gasteiger partial charge in [0.05, 0.1) is 0 Å². The molecule has 0 aromatic carbocycles. The maximum atomic E-state index is 2.60. The molecular weight excluding hydrogens is 206 g/mol. The van der Waals surface area contributed by atoms with Crippen LogP contribution in [-0.4, -0.2) is 24.0 Å². The van der Waals surface area contributed by atoms with Gasteiger partial charge in [0.15, 0.2) is 0 Å². The van der Waals surface area contributed by atoms with Crippen molar-refractivity contribution in [3.8, 4) is 0 Å². The van der Waals surface area contributed by atoms with Gasteiger partial charge in [-0.3, -0.25) is 4.90 Å². The van der Waals surface area contributed by atoms with Crippen LogP contribution >= 0.6 is 12.4 Å². The minimum absolute atomic E-state index is 0. The maximum Gasteiger partial charge on any atom is 0.0166 e. The molecule has 0 amide bonds. The van der Waals surface area contributed by atoms with Crippen LogP contribution in [0.2, 0.25) is 0 Å². The smallest absolute Gasteiger partial charge is 0.0166 e. The maximum absolute atomic E-state index is 2.60. The molecule has 1 atom stereocenters. The van der Waals surface area contributed by atoms with Crippen molar-refractivity contribution in [1.29, 1.82) is 0 Å². The minimum atomic E-state index is 0. The molecule has 0 aromatic heterocycles. The van der Waals surface area contributed by atoms with Crippen LogP contribution in [0, 0.1) is 0 Å². The summed E-state index contributed by atoms with van der Waals surface area (Å²) >= 11 is 0. The Morgan fingerprint density at radius 2 is 2.07 bits per heavy atom. The minimum Gasteiger partial charge on any atom is -0.297 e. The summed E-state index contributed by atoms with van der Waals surface area (Å²) in [5.41, 5.74) is 0. The van der Waals surface area contributed by atoms with Gasteiger partial charge in [-0.25, -0.2) is 0 Å². The fourth-order valence-corrected chi connectivity index (χ4v) is 2.08. The summed E-state index contributed by atoms with van der Waals surface area (Å²) in [6.45, 7) is 7.09. The molecule has 15 heavy (non-hydrogen) atoms. The average Bonchev–Trinajstić information content (AvgIpc) is 2.20. The molecule has 1 saturated heterocycles. The fraction of sp³-hybridized carbons (Fsp3) is 0.846. The molecular formula is C13H26ClN. The van der Waals surface area contributed by atoms with E-state index in [4.69, 9.17) is 0 Å². The van der Waals surface area contributed by atoms with E-state index in [0.717, 1.165) is 6.04 Å². The first kappa shape index (κ1) is 15.0. The Bertz CT molecular complexity index is 168. The van der Waals surface area contributed by atoms with Crippen LogP contribution in [0.15, 0.2) is 12.2 Å². The first-order chi connectivity index (χ1) is 6.84. The van der Waals surface area contributed by atoms with Crippen molar-refractivity contribution in [3.05, 3.63) is 12.2 Å². The topological polar surface area (TPSA) is 3.24 Å². The molecule has 0 aliphatic carbocycles. The van der Waals surface area contributed by atoms with E-state index in [-0.39, 0.29) is 12.4 Å². The first-order valence-electron chi connectivity index (χ1n) is 6.23. The predicted molar refractivity (Wildman–Crippen MR) is 70.8 cm³/mol. The molecule has 0 N–H and O–H groups in total. The van der Waals surface area contributed by atoms with E-state index in [1.165, 1.54) is 51.6 Å². The van der Waals surface area contributed by atoms with Crippen molar-refractivity contribution in [2.24, 2.45) is 0 Å². The number of allylic oxidation sites excluding steroid dienone is 1. The zero-order valence-electron chi connectivity index (χ0n) is 10.2. The highest BCUT2D eigenvalue weighted by molar-refractivity contribution is 5.85. The Morgan fingerprint density at radius 1 is 1.27 bits per heavy atom. The van der Waals surface area contributed by atoms with Crippen LogP contribution < -0.4 is 0 Å². The molecule has 1 unspecified atom stereocenters. The molecule has 0 aromatic rings. The second kappa shape index (κ2) is 9.23. The molecule has 0 saturated carbocycles. The van der Waals surface area contributed by atoms with E-state index >= 15 is 0 Å². The summed E-state index contributed by atoms with van der Waals surface area (Å²) in [6, 6.07) is 0.805. The molecule has 1 rings (SSSR count). The van der Waals surface area contributed by atoms with Gasteiger partial charge < -0.3 is 0 Å². The summed E-state index contributed by atoms with van der Waals surface area (Å²) < 4.78 is 0. The summed E-state index contributed by atoms with van der Waals surface area (Å²) in [7, 11) is 0. The van der Waals surface area contributed by atoms with Gasteiger partial charge in [0.1, 0.15) is 0 Å². The van der Waals surface area contributed by atoms with Crippen LogP contribution in [0.4, 0.5) is 0 Å². The second-order valence-electron chi connectivity index (χ2n) is 4.45. The number of piperidine rings is 1. The zero-order chi connectivity index (χ0) is 10.2. The van der Waals surface area contributed by atoms with Gasteiger partial charge in [0.2, 0.25) is 0 Å². The van der Waals surface area contributed by atoms with Gasteiger partial charge in [0, 0.05) is 12.6 Å². The van der Waals surface area contributed by atoms with Crippen molar-refractivity contribution in [3.63, 3.8) is 0 Å². The Hall–Kier alpha value is -0.0100. The standard InChI is InChI=1S/C13H25N.ClH/c1-3-4-5-6-8-11-14-12-9-7-10-13(14)2;/h6,8,13H,3-5,7,9-12H2,1-2H3;1H/b8-6+;. The summed E-state index contributed by atoms with van der Waals surface area (Å²) in [6.07, 6.45) is 12.8. The zero-order valence-corrected chi connectivity index (χ0v) is 11.1. The molecule has 0 radical (unpaired) electrons. The molecule has 1 aliphatic rings. The van der Waals surface area contributed by atoms with Crippen molar-refractivity contribution in [1.82, 2.24) is 4.90 Å². The Labute approximate surface area is 101 Å². The van der Waals surface area contributed by atoms with E-state index in [9.17, 15) is 0 Å². The highest BCUT2D eigenvalue weighted by Crippen LogP contribution is 2.15. The van der Waals surface area contributed by atoms with Gasteiger partial charge in [-0.15, -0.1) is 12.4 Å². The lowest BCUT2D eigenvalue weighted by Gasteiger charge is -2.32. The lowest BCUT2D eigenvalue weighted by Crippen LogP contribution is -2.37. The van der Waals surface area contributed by atoms with E-state index in [1.807, 2.05) is 0 Å². The van der Waals surface area contributed by atoms with Gasteiger partial charge in [0.25, 0.3) is 0 Å². The van der Waals surface area contributed by atoms with Crippen LogP contribution in [0.25, 0.3) is 0 Å². The second-order valence-corrected chi connectivity index (χ2v) is 4.45. The number of nitrogens with zero attached hydrogens (tertiary/aromatic N) is 1. The lowest BCUT2D eigenvalue weighted by molar-refractivity contribution is 0.179. The van der Waals surface area contributed by atoms with Gasteiger partial charge >= 0.3 is 0 Å². The summed E-state index contributed by atoms with van der Waals surface area (Å²) in [4.78, 5) is 2.60. The lowest BCUT2D eigenvalue weighted by atomic mass is 10.0. The molecule has 0 spiro atoms. The number of likely N-dealkylation sites (tertiary alicyclic amines) is 1. The number of hydrogen-bond acceptors (Lipinski definition) is 1. The van der Waals surface area contributed by atoms with Crippen molar-refractivity contribution in [2.75, 3.05) is 13.1 Å². The third kappa shape index (κ3) is 6.21. The van der Waals surface area contributed by atoms with E-state index in [0.29, 0.717) is 0 Å². The van der Waals surface area contributed by atoms with Crippen molar-refractivity contribution in [2.45, 2.75) is 58.4 Å². The molecule has 0 bridgehead atoms. The van der Waals surface area contributed by atoms with Gasteiger partial charge in [-0.05, 0) is 32.7 Å². The molecule has 1 aliphatic heterocycles. The quantitative estimate of drug-likeness (QED) is 0.510. The number of hydrogen-bond donors (Lipinski definition) is 0. The fourth-order valence-electron chi connectivity index (χ4n) is 2.08. The molecule has 90 valence electrons. The largest absolute Gasteiger partial charge is 0.297 e. The Morgan fingerprint density at radius 3 is 2.73 bits per heavy atom. The number of unbranched alkanes of at least 4 members (excludes halogenated alkanes) is 2. The first-order valence-corrected chi connectivity index (χ1v) is 6.23.